The Kier molecular flexibility index (Phi) is 5.66. The van der Waals surface area contributed by atoms with Crippen LogP contribution in [0.4, 0.5) is 5.69 Å². The van der Waals surface area contributed by atoms with Crippen molar-refractivity contribution < 1.29 is 9.53 Å². The summed E-state index contributed by atoms with van der Waals surface area (Å²) < 4.78 is 5.63. The average molecular weight is 363 g/mol. The van der Waals surface area contributed by atoms with Crippen molar-refractivity contribution in [2.45, 2.75) is 13.8 Å². The predicted octanol–water partition coefficient (Wildman–Crippen LogP) is 3.72. The average Bonchev–Trinajstić information content (AvgIpc) is 2.67. The quantitative estimate of drug-likeness (QED) is 0.699. The third kappa shape index (κ3) is 5.04. The lowest BCUT2D eigenvalue weighted by Crippen LogP contribution is -2.12. The molecule has 1 heterocycles. The van der Waals surface area contributed by atoms with Gasteiger partial charge < -0.3 is 10.1 Å². The highest BCUT2D eigenvalue weighted by Crippen LogP contribution is 2.21. The highest BCUT2D eigenvalue weighted by Gasteiger charge is 2.08. The van der Waals surface area contributed by atoms with Crippen LogP contribution < -0.4 is 15.6 Å². The number of anilines is 1. The number of benzene rings is 2. The summed E-state index contributed by atoms with van der Waals surface area (Å²) in [6.07, 6.45) is 0. The van der Waals surface area contributed by atoms with Gasteiger partial charge in [0.15, 0.2) is 0 Å². The molecule has 1 aromatic heterocycles. The summed E-state index contributed by atoms with van der Waals surface area (Å²) >= 11 is 0. The van der Waals surface area contributed by atoms with Gasteiger partial charge in [-0.15, -0.1) is 0 Å². The molecule has 3 aromatic rings. The van der Waals surface area contributed by atoms with Gasteiger partial charge in [0, 0.05) is 22.9 Å². The number of aromatic nitrogens is 2. The fourth-order valence-electron chi connectivity index (χ4n) is 2.43. The summed E-state index contributed by atoms with van der Waals surface area (Å²) in [5.41, 5.74) is 2.34. The monoisotopic (exact) mass is 363 g/mol. The minimum atomic E-state index is -0.260. The number of hydrogen-bond acceptors (Lipinski definition) is 4. The molecule has 0 radical (unpaired) electrons. The summed E-state index contributed by atoms with van der Waals surface area (Å²) in [6.45, 7) is 4.80. The number of amides is 1. The van der Waals surface area contributed by atoms with E-state index < -0.39 is 0 Å². The Labute approximate surface area is 157 Å². The topological polar surface area (TPSA) is 84.1 Å². The summed E-state index contributed by atoms with van der Waals surface area (Å²) in [4.78, 5) is 23.6. The molecule has 0 aliphatic carbocycles. The molecule has 1 amide bonds. The first-order chi connectivity index (χ1) is 13.0. The summed E-state index contributed by atoms with van der Waals surface area (Å²) in [5, 5.41) is 9.27. The van der Waals surface area contributed by atoms with Gasteiger partial charge in [-0.25, -0.2) is 5.10 Å². The second kappa shape index (κ2) is 8.31. The number of nitrogens with zero attached hydrogens (tertiary/aromatic N) is 1. The SMILES string of the molecule is CC(C)COc1ccc(C(=O)Nc2cccc(-c3ccc(=O)[nH]n3)c2)cc1. The molecule has 0 fully saturated rings. The first kappa shape index (κ1) is 18.4. The van der Waals surface area contributed by atoms with E-state index in [0.717, 1.165) is 11.3 Å². The number of rotatable bonds is 6. The lowest BCUT2D eigenvalue weighted by Gasteiger charge is -2.10. The molecule has 6 heteroatoms. The van der Waals surface area contributed by atoms with Gasteiger partial charge in [-0.2, -0.15) is 5.10 Å². The van der Waals surface area contributed by atoms with E-state index in [1.54, 1.807) is 42.5 Å². The van der Waals surface area contributed by atoms with Crippen LogP contribution in [0.2, 0.25) is 0 Å². The molecular weight excluding hydrogens is 342 g/mol. The van der Waals surface area contributed by atoms with Crippen molar-refractivity contribution in [2.24, 2.45) is 5.92 Å². The van der Waals surface area contributed by atoms with Gasteiger partial charge in [0.25, 0.3) is 11.5 Å². The molecule has 2 aromatic carbocycles. The fraction of sp³-hybridized carbons (Fsp3) is 0.190. The molecule has 0 aliphatic rings. The van der Waals surface area contributed by atoms with Crippen molar-refractivity contribution in [3.8, 4) is 17.0 Å². The van der Waals surface area contributed by atoms with Crippen molar-refractivity contribution in [1.82, 2.24) is 10.2 Å². The van der Waals surface area contributed by atoms with Crippen LogP contribution in [0.5, 0.6) is 5.75 Å². The normalized spacial score (nSPS) is 10.6. The lowest BCUT2D eigenvalue weighted by atomic mass is 10.1. The summed E-state index contributed by atoms with van der Waals surface area (Å²) in [6, 6.07) is 17.4. The lowest BCUT2D eigenvalue weighted by molar-refractivity contribution is 0.102. The number of hydrogen-bond donors (Lipinski definition) is 2. The van der Waals surface area contributed by atoms with Gasteiger partial charge >= 0.3 is 0 Å². The van der Waals surface area contributed by atoms with Gasteiger partial charge in [-0.3, -0.25) is 9.59 Å². The molecule has 0 unspecified atom stereocenters. The predicted molar refractivity (Wildman–Crippen MR) is 105 cm³/mol. The Balaban J connectivity index is 1.69. The summed E-state index contributed by atoms with van der Waals surface area (Å²) in [7, 11) is 0. The number of aromatic amines is 1. The van der Waals surface area contributed by atoms with Crippen molar-refractivity contribution in [2.75, 3.05) is 11.9 Å². The van der Waals surface area contributed by atoms with Crippen LogP contribution in [0, 0.1) is 5.92 Å². The molecule has 0 bridgehead atoms. The zero-order valence-corrected chi connectivity index (χ0v) is 15.2. The maximum atomic E-state index is 12.5. The molecule has 0 saturated carbocycles. The molecule has 3 rings (SSSR count). The summed E-state index contributed by atoms with van der Waals surface area (Å²) in [5.74, 6) is 0.973. The van der Waals surface area contributed by atoms with Crippen LogP contribution in [0.25, 0.3) is 11.3 Å². The molecule has 138 valence electrons. The van der Waals surface area contributed by atoms with E-state index in [1.807, 2.05) is 12.1 Å². The van der Waals surface area contributed by atoms with Gasteiger partial charge in [0.05, 0.1) is 12.3 Å². The third-order valence-corrected chi connectivity index (χ3v) is 3.80. The minimum Gasteiger partial charge on any atom is -0.493 e. The first-order valence-electron chi connectivity index (χ1n) is 8.71. The van der Waals surface area contributed by atoms with Gasteiger partial charge in [-0.05, 0) is 48.4 Å². The van der Waals surface area contributed by atoms with Crippen LogP contribution >= 0.6 is 0 Å². The van der Waals surface area contributed by atoms with E-state index in [1.165, 1.54) is 6.07 Å². The van der Waals surface area contributed by atoms with E-state index in [-0.39, 0.29) is 11.5 Å². The molecule has 0 aliphatic heterocycles. The van der Waals surface area contributed by atoms with E-state index >= 15 is 0 Å². The number of nitrogens with one attached hydrogen (secondary N) is 2. The van der Waals surface area contributed by atoms with E-state index in [2.05, 4.69) is 29.4 Å². The number of carbonyl (C=O) groups is 1. The standard InChI is InChI=1S/C21H21N3O3/c1-14(2)13-27-18-8-6-15(7-9-18)21(26)22-17-5-3-4-16(12-17)19-10-11-20(25)24-23-19/h3-12,14H,13H2,1-2H3,(H,22,26)(H,24,25). The third-order valence-electron chi connectivity index (χ3n) is 3.80. The van der Waals surface area contributed by atoms with E-state index in [9.17, 15) is 9.59 Å². The first-order valence-corrected chi connectivity index (χ1v) is 8.71. The maximum absolute atomic E-state index is 12.5. The second-order valence-electron chi connectivity index (χ2n) is 6.57. The molecule has 2 N–H and O–H groups in total. The highest BCUT2D eigenvalue weighted by atomic mass is 16.5. The zero-order valence-electron chi connectivity index (χ0n) is 15.2. The maximum Gasteiger partial charge on any atom is 0.264 e. The Morgan fingerprint density at radius 1 is 1.11 bits per heavy atom. The molecule has 6 nitrogen and oxygen atoms in total. The van der Waals surface area contributed by atoms with E-state index in [0.29, 0.717) is 29.5 Å². The Morgan fingerprint density at radius 2 is 1.89 bits per heavy atom. The van der Waals surface area contributed by atoms with Crippen molar-refractivity contribution >= 4 is 11.6 Å². The minimum absolute atomic E-state index is 0.211. The number of H-pyrrole nitrogens is 1. The molecular formula is C21H21N3O3. The molecule has 0 atom stereocenters. The van der Waals surface area contributed by atoms with Crippen LogP contribution in [0.1, 0.15) is 24.2 Å². The van der Waals surface area contributed by atoms with Crippen LogP contribution in [-0.4, -0.2) is 22.7 Å². The van der Waals surface area contributed by atoms with E-state index in [4.69, 9.17) is 4.74 Å². The van der Waals surface area contributed by atoms with Crippen molar-refractivity contribution in [1.29, 1.82) is 0 Å². The zero-order chi connectivity index (χ0) is 19.2. The van der Waals surface area contributed by atoms with Crippen molar-refractivity contribution in [3.63, 3.8) is 0 Å². The molecule has 27 heavy (non-hydrogen) atoms. The van der Waals surface area contributed by atoms with Gasteiger partial charge in [-0.1, -0.05) is 26.0 Å². The number of ether oxygens (including phenoxy) is 1. The highest BCUT2D eigenvalue weighted by molar-refractivity contribution is 6.04. The second-order valence-corrected chi connectivity index (χ2v) is 6.57. The van der Waals surface area contributed by atoms with Gasteiger partial charge in [0.1, 0.15) is 5.75 Å². The van der Waals surface area contributed by atoms with Crippen LogP contribution in [0.15, 0.2) is 65.5 Å². The smallest absolute Gasteiger partial charge is 0.264 e. The molecule has 0 saturated heterocycles. The van der Waals surface area contributed by atoms with Gasteiger partial charge in [0.2, 0.25) is 0 Å². The Morgan fingerprint density at radius 3 is 2.56 bits per heavy atom. The Hall–Kier alpha value is -3.41. The van der Waals surface area contributed by atoms with Crippen molar-refractivity contribution in [3.05, 3.63) is 76.6 Å². The van der Waals surface area contributed by atoms with Crippen LogP contribution in [-0.2, 0) is 0 Å². The Bertz CT molecular complexity index is 958. The van der Waals surface area contributed by atoms with Crippen LogP contribution in [0.3, 0.4) is 0 Å². The largest absolute Gasteiger partial charge is 0.493 e. The number of carbonyl (C=O) groups excluding carboxylic acids is 1. The fourth-order valence-corrected chi connectivity index (χ4v) is 2.43. The molecule has 0 spiro atoms.